The van der Waals surface area contributed by atoms with Gasteiger partial charge in [0.15, 0.2) is 11.2 Å². The highest BCUT2D eigenvalue weighted by Crippen LogP contribution is 2.24. The summed E-state index contributed by atoms with van der Waals surface area (Å²) in [6.07, 6.45) is 0. The lowest BCUT2D eigenvalue weighted by atomic mass is 10.1. The first-order chi connectivity index (χ1) is 13.6. The third kappa shape index (κ3) is 4.13. The number of hydrogen-bond acceptors (Lipinski definition) is 7. The Bertz CT molecular complexity index is 1200. The molecule has 2 aromatic heterocycles. The molecule has 4 rings (SSSR count). The van der Waals surface area contributed by atoms with E-state index in [4.69, 9.17) is 4.42 Å². The largest absolute Gasteiger partial charge is 0.451 e. The minimum absolute atomic E-state index is 0.0601. The lowest BCUT2D eigenvalue weighted by Gasteiger charge is -2.03. The van der Waals surface area contributed by atoms with Gasteiger partial charge in [0.1, 0.15) is 5.58 Å². The Balaban J connectivity index is 1.47. The predicted molar refractivity (Wildman–Crippen MR) is 111 cm³/mol. The lowest BCUT2D eigenvalue weighted by Crippen LogP contribution is -2.14. The Kier molecular flexibility index (Phi) is 5.23. The number of hydrogen-bond donors (Lipinski definition) is 1. The number of aromatic nitrogens is 2. The van der Waals surface area contributed by atoms with Crippen LogP contribution in [-0.4, -0.2) is 15.3 Å². The van der Waals surface area contributed by atoms with Gasteiger partial charge in [-0.05, 0) is 24.6 Å². The van der Waals surface area contributed by atoms with Crippen molar-refractivity contribution in [2.75, 3.05) is 5.32 Å². The number of anilines is 1. The standard InChI is InChI=1S/C20H15N3O3S2/c1-12-7-8-16-14(9-12)15(24)10-17(26-16)18(25)21-19-22-20(23-28-19)27-11-13-5-3-2-4-6-13/h2-10H,11H2,1H3,(H,21,22,23,25). The van der Waals surface area contributed by atoms with Crippen LogP contribution < -0.4 is 10.7 Å². The molecule has 1 amide bonds. The highest BCUT2D eigenvalue weighted by Gasteiger charge is 2.15. The van der Waals surface area contributed by atoms with Crippen molar-refractivity contribution in [3.05, 3.63) is 81.7 Å². The van der Waals surface area contributed by atoms with E-state index in [0.29, 0.717) is 21.3 Å². The van der Waals surface area contributed by atoms with Crippen molar-refractivity contribution in [2.45, 2.75) is 17.8 Å². The van der Waals surface area contributed by atoms with Gasteiger partial charge in [-0.15, -0.1) is 0 Å². The average Bonchev–Trinajstić information content (AvgIpc) is 3.15. The van der Waals surface area contributed by atoms with Crippen molar-refractivity contribution in [2.24, 2.45) is 0 Å². The molecule has 0 fully saturated rings. The van der Waals surface area contributed by atoms with Gasteiger partial charge in [-0.1, -0.05) is 53.7 Å². The summed E-state index contributed by atoms with van der Waals surface area (Å²) in [5.41, 5.74) is 2.23. The molecule has 2 heterocycles. The summed E-state index contributed by atoms with van der Waals surface area (Å²) < 4.78 is 9.82. The van der Waals surface area contributed by atoms with Gasteiger partial charge < -0.3 is 4.42 Å². The summed E-state index contributed by atoms with van der Waals surface area (Å²) in [6.45, 7) is 1.89. The number of carbonyl (C=O) groups excluding carboxylic acids is 1. The maximum Gasteiger partial charge on any atom is 0.293 e. The van der Waals surface area contributed by atoms with Gasteiger partial charge in [0.2, 0.25) is 10.3 Å². The SMILES string of the molecule is Cc1ccc2oc(C(=O)Nc3nc(SCc4ccccc4)ns3)cc(=O)c2c1. The maximum atomic E-state index is 12.5. The first-order valence-electron chi connectivity index (χ1n) is 8.45. The van der Waals surface area contributed by atoms with E-state index in [2.05, 4.69) is 14.7 Å². The Labute approximate surface area is 168 Å². The van der Waals surface area contributed by atoms with Crippen LogP contribution in [-0.2, 0) is 5.75 Å². The summed E-state index contributed by atoms with van der Waals surface area (Å²) in [5, 5.41) is 4.03. The first-order valence-corrected chi connectivity index (χ1v) is 10.2. The van der Waals surface area contributed by atoms with E-state index >= 15 is 0 Å². The Hall–Kier alpha value is -2.97. The van der Waals surface area contributed by atoms with Crippen LogP contribution in [0.2, 0.25) is 0 Å². The quantitative estimate of drug-likeness (QED) is 0.489. The molecule has 1 N–H and O–H groups in total. The minimum Gasteiger partial charge on any atom is -0.451 e. The number of benzene rings is 2. The predicted octanol–water partition coefficient (Wildman–Crippen LogP) is 4.50. The van der Waals surface area contributed by atoms with Crippen LogP contribution in [0.15, 0.2) is 69.0 Å². The molecule has 6 nitrogen and oxygen atoms in total. The first kappa shape index (κ1) is 18.4. The molecule has 0 radical (unpaired) electrons. The molecule has 0 unspecified atom stereocenters. The lowest BCUT2D eigenvalue weighted by molar-refractivity contribution is 0.0997. The molecule has 0 spiro atoms. The van der Waals surface area contributed by atoms with Crippen LogP contribution in [0, 0.1) is 6.92 Å². The van der Waals surface area contributed by atoms with Gasteiger partial charge in [-0.3, -0.25) is 14.9 Å². The van der Waals surface area contributed by atoms with Crippen molar-refractivity contribution in [3.63, 3.8) is 0 Å². The molecule has 0 saturated heterocycles. The molecule has 0 atom stereocenters. The van der Waals surface area contributed by atoms with Crippen LogP contribution in [0.4, 0.5) is 5.13 Å². The molecule has 8 heteroatoms. The maximum absolute atomic E-state index is 12.5. The average molecular weight is 409 g/mol. The van der Waals surface area contributed by atoms with E-state index in [-0.39, 0.29) is 11.2 Å². The molecule has 0 aliphatic carbocycles. The Morgan fingerprint density at radius 2 is 2.00 bits per heavy atom. The van der Waals surface area contributed by atoms with E-state index in [0.717, 1.165) is 22.8 Å². The summed E-state index contributed by atoms with van der Waals surface area (Å²) in [5.74, 6) is 0.148. The van der Waals surface area contributed by atoms with Crippen LogP contribution in [0.5, 0.6) is 0 Å². The molecule has 0 aliphatic heterocycles. The second-order valence-corrected chi connectivity index (χ2v) is 7.78. The third-order valence-corrected chi connectivity index (χ3v) is 5.61. The highest BCUT2D eigenvalue weighted by molar-refractivity contribution is 7.98. The summed E-state index contributed by atoms with van der Waals surface area (Å²) in [6, 6.07) is 16.4. The van der Waals surface area contributed by atoms with Crippen molar-refractivity contribution < 1.29 is 9.21 Å². The molecule has 140 valence electrons. The number of thioether (sulfide) groups is 1. The van der Waals surface area contributed by atoms with Crippen molar-refractivity contribution in [1.29, 1.82) is 0 Å². The number of amides is 1. The van der Waals surface area contributed by atoms with Crippen molar-refractivity contribution in [3.8, 4) is 0 Å². The van der Waals surface area contributed by atoms with Crippen molar-refractivity contribution in [1.82, 2.24) is 9.36 Å². The van der Waals surface area contributed by atoms with Gasteiger partial charge in [-0.25, -0.2) is 0 Å². The highest BCUT2D eigenvalue weighted by atomic mass is 32.2. The molecular weight excluding hydrogens is 394 g/mol. The zero-order chi connectivity index (χ0) is 19.5. The van der Waals surface area contributed by atoms with Gasteiger partial charge >= 0.3 is 0 Å². The monoisotopic (exact) mass is 409 g/mol. The molecule has 0 saturated carbocycles. The Morgan fingerprint density at radius 3 is 2.82 bits per heavy atom. The number of nitrogens with one attached hydrogen (secondary N) is 1. The third-order valence-electron chi connectivity index (χ3n) is 3.95. The topological polar surface area (TPSA) is 85.1 Å². The number of carbonyl (C=O) groups is 1. The molecule has 0 aliphatic rings. The number of rotatable bonds is 5. The molecular formula is C20H15N3O3S2. The van der Waals surface area contributed by atoms with E-state index in [9.17, 15) is 9.59 Å². The van der Waals surface area contributed by atoms with Gasteiger partial charge in [-0.2, -0.15) is 9.36 Å². The van der Waals surface area contributed by atoms with Crippen LogP contribution in [0.25, 0.3) is 11.0 Å². The minimum atomic E-state index is -0.532. The van der Waals surface area contributed by atoms with Gasteiger partial charge in [0, 0.05) is 23.4 Å². The zero-order valence-corrected chi connectivity index (χ0v) is 16.5. The summed E-state index contributed by atoms with van der Waals surface area (Å²) >= 11 is 2.57. The number of aryl methyl sites for hydroxylation is 1. The second-order valence-electron chi connectivity index (χ2n) is 6.09. The van der Waals surface area contributed by atoms with E-state index in [1.807, 2.05) is 43.3 Å². The summed E-state index contributed by atoms with van der Waals surface area (Å²) in [7, 11) is 0. The molecule has 0 bridgehead atoms. The normalized spacial score (nSPS) is 10.9. The molecule has 4 aromatic rings. The fourth-order valence-electron chi connectivity index (χ4n) is 2.58. The number of nitrogens with zero attached hydrogens (tertiary/aromatic N) is 2. The fraction of sp³-hybridized carbons (Fsp3) is 0.100. The smallest absolute Gasteiger partial charge is 0.293 e. The number of fused-ring (bicyclic) bond motifs is 1. The molecule has 2 aromatic carbocycles. The van der Waals surface area contributed by atoms with Crippen LogP contribution >= 0.6 is 23.3 Å². The zero-order valence-electron chi connectivity index (χ0n) is 14.8. The Morgan fingerprint density at radius 1 is 1.18 bits per heavy atom. The fourth-order valence-corrected chi connectivity index (χ4v) is 4.08. The van der Waals surface area contributed by atoms with E-state index in [1.165, 1.54) is 23.4 Å². The van der Waals surface area contributed by atoms with E-state index < -0.39 is 5.91 Å². The molecule has 28 heavy (non-hydrogen) atoms. The van der Waals surface area contributed by atoms with E-state index in [1.54, 1.807) is 12.1 Å². The van der Waals surface area contributed by atoms with Crippen molar-refractivity contribution >= 4 is 45.3 Å². The van der Waals surface area contributed by atoms with Crippen LogP contribution in [0.1, 0.15) is 21.7 Å². The van der Waals surface area contributed by atoms with Crippen LogP contribution in [0.3, 0.4) is 0 Å². The summed E-state index contributed by atoms with van der Waals surface area (Å²) in [4.78, 5) is 29.0. The van der Waals surface area contributed by atoms with Gasteiger partial charge in [0.05, 0.1) is 5.39 Å². The second kappa shape index (κ2) is 7.95. The van der Waals surface area contributed by atoms with Gasteiger partial charge in [0.25, 0.3) is 5.91 Å².